The molecule has 0 radical (unpaired) electrons. The van der Waals surface area contributed by atoms with Gasteiger partial charge in [0.25, 0.3) is 0 Å². The summed E-state index contributed by atoms with van der Waals surface area (Å²) in [6.45, 7) is 1.76. The van der Waals surface area contributed by atoms with Crippen molar-refractivity contribution in [1.29, 1.82) is 5.26 Å². The van der Waals surface area contributed by atoms with Gasteiger partial charge in [0, 0.05) is 31.1 Å². The van der Waals surface area contributed by atoms with E-state index in [9.17, 15) is 0 Å². The molecule has 0 amide bonds. The lowest BCUT2D eigenvalue weighted by atomic mass is 10.0. The van der Waals surface area contributed by atoms with E-state index in [-0.39, 0.29) is 5.41 Å². The molecule has 0 spiro atoms. The Labute approximate surface area is 113 Å². The fourth-order valence-corrected chi connectivity index (χ4v) is 2.53. The Bertz CT molecular complexity index is 618. The molecule has 1 N–H and O–H groups in total. The highest BCUT2D eigenvalue weighted by Crippen LogP contribution is 2.47. The maximum Gasteiger partial charge on any atom is 0.0746 e. The van der Waals surface area contributed by atoms with Crippen LogP contribution in [0.4, 0.5) is 0 Å². The molecule has 0 atom stereocenters. The van der Waals surface area contributed by atoms with Gasteiger partial charge in [-0.2, -0.15) is 5.26 Å². The number of pyridine rings is 1. The number of rotatable bonds is 5. The number of fused-ring (bicyclic) bond motifs is 1. The number of benzene rings is 1. The van der Waals surface area contributed by atoms with Crippen LogP contribution in [0, 0.1) is 16.7 Å². The number of nitrogens with one attached hydrogen (secondary N) is 1. The summed E-state index contributed by atoms with van der Waals surface area (Å²) < 4.78 is 0. The van der Waals surface area contributed by atoms with Gasteiger partial charge in [0.05, 0.1) is 11.6 Å². The third-order valence-corrected chi connectivity index (χ3v) is 3.94. The number of hydrogen-bond acceptors (Lipinski definition) is 3. The quantitative estimate of drug-likeness (QED) is 0.888. The lowest BCUT2D eigenvalue weighted by Crippen LogP contribution is -2.23. The van der Waals surface area contributed by atoms with Crippen LogP contribution in [0.25, 0.3) is 10.9 Å². The van der Waals surface area contributed by atoms with E-state index in [4.69, 9.17) is 5.26 Å². The maximum atomic E-state index is 8.81. The summed E-state index contributed by atoms with van der Waals surface area (Å²) >= 11 is 0. The first-order chi connectivity index (χ1) is 9.33. The molecule has 96 valence electrons. The molecule has 1 saturated carbocycles. The molecule has 0 unspecified atom stereocenters. The Hall–Kier alpha value is -1.92. The predicted molar refractivity (Wildman–Crippen MR) is 75.3 cm³/mol. The second-order valence-electron chi connectivity index (χ2n) is 5.43. The van der Waals surface area contributed by atoms with Gasteiger partial charge in [-0.05, 0) is 29.9 Å². The molecule has 3 nitrogen and oxygen atoms in total. The van der Waals surface area contributed by atoms with Crippen LogP contribution < -0.4 is 5.32 Å². The summed E-state index contributed by atoms with van der Waals surface area (Å²) in [5, 5.41) is 13.5. The maximum absolute atomic E-state index is 8.81. The van der Waals surface area contributed by atoms with Gasteiger partial charge in [-0.15, -0.1) is 0 Å². The molecule has 1 heterocycles. The molecule has 1 aromatic heterocycles. The predicted octanol–water partition coefficient (Wildman–Crippen LogP) is 3.02. The highest BCUT2D eigenvalue weighted by atomic mass is 14.9. The highest BCUT2D eigenvalue weighted by molar-refractivity contribution is 5.81. The Kier molecular flexibility index (Phi) is 3.18. The van der Waals surface area contributed by atoms with E-state index >= 15 is 0 Å². The molecule has 1 aromatic carbocycles. The monoisotopic (exact) mass is 251 g/mol. The van der Waals surface area contributed by atoms with Gasteiger partial charge in [0.2, 0.25) is 0 Å². The van der Waals surface area contributed by atoms with Gasteiger partial charge in [0.15, 0.2) is 0 Å². The average Bonchev–Trinajstić information content (AvgIpc) is 3.19. The molecule has 3 rings (SSSR count). The zero-order valence-corrected chi connectivity index (χ0v) is 10.9. The Balaban J connectivity index is 1.68. The zero-order chi connectivity index (χ0) is 13.1. The molecule has 0 aliphatic heterocycles. The van der Waals surface area contributed by atoms with E-state index in [1.807, 2.05) is 12.3 Å². The van der Waals surface area contributed by atoms with Crippen molar-refractivity contribution in [3.8, 4) is 6.07 Å². The molecular weight excluding hydrogens is 234 g/mol. The summed E-state index contributed by atoms with van der Waals surface area (Å²) in [5.74, 6) is 0. The third-order valence-electron chi connectivity index (χ3n) is 3.94. The van der Waals surface area contributed by atoms with Gasteiger partial charge < -0.3 is 5.32 Å². The van der Waals surface area contributed by atoms with Crippen LogP contribution in [0.5, 0.6) is 0 Å². The minimum absolute atomic E-state index is 0.257. The van der Waals surface area contributed by atoms with Crippen molar-refractivity contribution in [2.75, 3.05) is 6.54 Å². The first-order valence-corrected chi connectivity index (χ1v) is 6.73. The van der Waals surface area contributed by atoms with E-state index in [1.165, 1.54) is 23.8 Å². The number of para-hydroxylation sites is 1. The summed E-state index contributed by atoms with van der Waals surface area (Å²) in [6, 6.07) is 12.6. The van der Waals surface area contributed by atoms with Gasteiger partial charge in [0.1, 0.15) is 0 Å². The van der Waals surface area contributed by atoms with Crippen molar-refractivity contribution in [3.63, 3.8) is 0 Å². The van der Waals surface area contributed by atoms with Gasteiger partial charge in [-0.1, -0.05) is 24.3 Å². The largest absolute Gasteiger partial charge is 0.312 e. The molecular formula is C16H17N3. The number of hydrogen-bond donors (Lipinski definition) is 1. The Morgan fingerprint density at radius 1 is 1.26 bits per heavy atom. The van der Waals surface area contributed by atoms with Crippen molar-refractivity contribution in [2.24, 2.45) is 5.41 Å². The minimum Gasteiger partial charge on any atom is -0.312 e. The second-order valence-corrected chi connectivity index (χ2v) is 5.43. The smallest absolute Gasteiger partial charge is 0.0746 e. The minimum atomic E-state index is 0.257. The van der Waals surface area contributed by atoms with E-state index in [1.54, 1.807) is 0 Å². The molecule has 1 aliphatic rings. The van der Waals surface area contributed by atoms with E-state index in [2.05, 4.69) is 40.6 Å². The van der Waals surface area contributed by atoms with Crippen LogP contribution in [0.15, 0.2) is 36.5 Å². The summed E-state index contributed by atoms with van der Waals surface area (Å²) in [5.41, 5.74) is 2.56. The van der Waals surface area contributed by atoms with Gasteiger partial charge >= 0.3 is 0 Å². The van der Waals surface area contributed by atoms with Crippen molar-refractivity contribution in [2.45, 2.75) is 25.8 Å². The van der Waals surface area contributed by atoms with Crippen molar-refractivity contribution < 1.29 is 0 Å². The topological polar surface area (TPSA) is 48.7 Å². The molecule has 1 fully saturated rings. The molecule has 0 bridgehead atoms. The standard InChI is InChI=1S/C16H17N3/c17-9-8-16(6-7-16)12-18-11-14-4-1-3-13-5-2-10-19-15(13)14/h1-5,10,18H,6-8,11-12H2. The highest BCUT2D eigenvalue weighted by Gasteiger charge is 2.41. The normalized spacial score (nSPS) is 16.2. The Morgan fingerprint density at radius 3 is 2.89 bits per heavy atom. The van der Waals surface area contributed by atoms with Gasteiger partial charge in [-0.25, -0.2) is 0 Å². The number of aromatic nitrogens is 1. The molecule has 1 aliphatic carbocycles. The third kappa shape index (κ3) is 2.59. The lowest BCUT2D eigenvalue weighted by molar-refractivity contribution is 0.467. The zero-order valence-electron chi connectivity index (χ0n) is 10.9. The van der Waals surface area contributed by atoms with E-state index < -0.39 is 0 Å². The first kappa shape index (κ1) is 12.1. The molecule has 3 heteroatoms. The van der Waals surface area contributed by atoms with Crippen LogP contribution in [-0.4, -0.2) is 11.5 Å². The van der Waals surface area contributed by atoms with Crippen LogP contribution in [0.3, 0.4) is 0 Å². The Morgan fingerprint density at radius 2 is 2.11 bits per heavy atom. The fraction of sp³-hybridized carbons (Fsp3) is 0.375. The molecule has 2 aromatic rings. The van der Waals surface area contributed by atoms with Crippen molar-refractivity contribution in [3.05, 3.63) is 42.1 Å². The SMILES string of the molecule is N#CCC1(CNCc2cccc3cccnc23)CC1. The first-order valence-electron chi connectivity index (χ1n) is 6.73. The van der Waals surface area contributed by atoms with Crippen molar-refractivity contribution >= 4 is 10.9 Å². The lowest BCUT2D eigenvalue weighted by Gasteiger charge is -2.13. The van der Waals surface area contributed by atoms with Crippen LogP contribution >= 0.6 is 0 Å². The van der Waals surface area contributed by atoms with Crippen LogP contribution in [0.2, 0.25) is 0 Å². The van der Waals surface area contributed by atoms with E-state index in [0.29, 0.717) is 6.42 Å². The second kappa shape index (κ2) is 4.99. The number of nitrogens with zero attached hydrogens (tertiary/aromatic N) is 2. The fourth-order valence-electron chi connectivity index (χ4n) is 2.53. The number of nitriles is 1. The summed E-state index contributed by atoms with van der Waals surface area (Å²) in [4.78, 5) is 4.46. The van der Waals surface area contributed by atoms with E-state index in [0.717, 1.165) is 18.6 Å². The van der Waals surface area contributed by atoms with Crippen molar-refractivity contribution in [1.82, 2.24) is 10.3 Å². The molecule has 19 heavy (non-hydrogen) atoms. The van der Waals surface area contributed by atoms with Crippen LogP contribution in [0.1, 0.15) is 24.8 Å². The molecule has 0 saturated heterocycles. The summed E-state index contributed by atoms with van der Waals surface area (Å²) in [7, 11) is 0. The van der Waals surface area contributed by atoms with Gasteiger partial charge in [-0.3, -0.25) is 4.98 Å². The average molecular weight is 251 g/mol. The van der Waals surface area contributed by atoms with Crippen LogP contribution in [-0.2, 0) is 6.54 Å². The summed E-state index contributed by atoms with van der Waals surface area (Å²) in [6.07, 6.45) is 4.88.